The second-order valence-corrected chi connectivity index (χ2v) is 10.7. The molecule has 29 heavy (non-hydrogen) atoms. The maximum atomic E-state index is 13.1. The van der Waals surface area contributed by atoms with Gasteiger partial charge in [-0.1, -0.05) is 42.5 Å². The summed E-state index contributed by atoms with van der Waals surface area (Å²) in [4.78, 5) is 3.01. The molecule has 0 spiro atoms. The molecule has 1 heterocycles. The Kier molecular flexibility index (Phi) is 6.09. The molecule has 0 N–H and O–H groups in total. The summed E-state index contributed by atoms with van der Waals surface area (Å²) < 4.78 is 27.8. The second-order valence-electron chi connectivity index (χ2n) is 8.68. The summed E-state index contributed by atoms with van der Waals surface area (Å²) in [5, 5.41) is 0. The lowest BCUT2D eigenvalue weighted by Gasteiger charge is -2.36. The molecule has 156 valence electrons. The zero-order valence-electron chi connectivity index (χ0n) is 17.5. The topological polar surface area (TPSA) is 40.6 Å². The lowest BCUT2D eigenvalue weighted by Crippen LogP contribution is -2.41. The summed E-state index contributed by atoms with van der Waals surface area (Å²) in [6.07, 6.45) is 5.38. The highest BCUT2D eigenvalue weighted by atomic mass is 32.2. The van der Waals surface area contributed by atoms with Gasteiger partial charge in [0.1, 0.15) is 0 Å². The van der Waals surface area contributed by atoms with E-state index in [1.54, 1.807) is 23.5 Å². The summed E-state index contributed by atoms with van der Waals surface area (Å²) in [6, 6.07) is 18.7. The first-order valence-corrected chi connectivity index (χ1v) is 12.2. The number of hydrogen-bond donors (Lipinski definition) is 0. The minimum atomic E-state index is -3.43. The van der Waals surface area contributed by atoms with Gasteiger partial charge in [-0.25, -0.2) is 8.42 Å². The number of sulfonamides is 1. The predicted molar refractivity (Wildman–Crippen MR) is 118 cm³/mol. The molecule has 4 nitrogen and oxygen atoms in total. The van der Waals surface area contributed by atoms with Gasteiger partial charge in [0.2, 0.25) is 10.0 Å². The van der Waals surface area contributed by atoms with E-state index in [-0.39, 0.29) is 6.04 Å². The minimum absolute atomic E-state index is 0.0948. The highest BCUT2D eigenvalue weighted by Crippen LogP contribution is 2.35. The van der Waals surface area contributed by atoms with E-state index in [2.05, 4.69) is 35.2 Å². The molecule has 2 atom stereocenters. The summed E-state index contributed by atoms with van der Waals surface area (Å²) in [5.74, 6) is 0.661. The van der Waals surface area contributed by atoms with Crippen LogP contribution in [0.25, 0.3) is 0 Å². The Balaban J connectivity index is 1.36. The molecule has 2 fully saturated rings. The quantitative estimate of drug-likeness (QED) is 0.730. The number of piperidine rings is 1. The highest BCUT2D eigenvalue weighted by molar-refractivity contribution is 7.89. The molecule has 5 heteroatoms. The van der Waals surface area contributed by atoms with Crippen LogP contribution >= 0.6 is 0 Å². The number of nitrogens with zero attached hydrogens (tertiary/aromatic N) is 2. The van der Waals surface area contributed by atoms with Gasteiger partial charge in [0.25, 0.3) is 0 Å². The molecule has 2 aromatic carbocycles. The third-order valence-corrected chi connectivity index (χ3v) is 8.78. The van der Waals surface area contributed by atoms with E-state index in [0.717, 1.165) is 37.9 Å². The fourth-order valence-electron chi connectivity index (χ4n) is 5.06. The van der Waals surface area contributed by atoms with Crippen LogP contribution in [0.3, 0.4) is 0 Å². The molecule has 2 aromatic rings. The SMILES string of the molecule is Cc1cccc(S(=O)(=O)N(C)[C@H]2CC[C@@H](N3CCC(c4ccccc4)CC3)C2)c1. The van der Waals surface area contributed by atoms with Crippen molar-refractivity contribution in [3.05, 3.63) is 65.7 Å². The van der Waals surface area contributed by atoms with E-state index in [9.17, 15) is 8.42 Å². The molecule has 1 saturated heterocycles. The Bertz CT molecular complexity index is 921. The van der Waals surface area contributed by atoms with Crippen LogP contribution in [-0.4, -0.2) is 49.8 Å². The molecule has 1 aliphatic carbocycles. The fraction of sp³-hybridized carbons (Fsp3) is 0.500. The van der Waals surface area contributed by atoms with Crippen LogP contribution in [0.1, 0.15) is 49.1 Å². The van der Waals surface area contributed by atoms with Gasteiger partial charge in [-0.15, -0.1) is 0 Å². The third-order valence-electron chi connectivity index (χ3n) is 6.87. The fourth-order valence-corrected chi connectivity index (χ4v) is 6.56. The van der Waals surface area contributed by atoms with Crippen molar-refractivity contribution in [2.24, 2.45) is 0 Å². The molecule has 0 aromatic heterocycles. The van der Waals surface area contributed by atoms with E-state index in [4.69, 9.17) is 0 Å². The molecule has 0 amide bonds. The van der Waals surface area contributed by atoms with Crippen molar-refractivity contribution >= 4 is 10.0 Å². The average molecular weight is 413 g/mol. The zero-order valence-corrected chi connectivity index (χ0v) is 18.3. The van der Waals surface area contributed by atoms with Crippen molar-refractivity contribution in [3.63, 3.8) is 0 Å². The Morgan fingerprint density at radius 3 is 2.34 bits per heavy atom. The number of rotatable bonds is 5. The lowest BCUT2D eigenvalue weighted by atomic mass is 9.89. The van der Waals surface area contributed by atoms with Gasteiger partial charge in [0.05, 0.1) is 4.90 Å². The van der Waals surface area contributed by atoms with Crippen molar-refractivity contribution < 1.29 is 8.42 Å². The highest BCUT2D eigenvalue weighted by Gasteiger charge is 2.37. The predicted octanol–water partition coefficient (Wildman–Crippen LogP) is 4.42. The van der Waals surface area contributed by atoms with Crippen LogP contribution in [0.5, 0.6) is 0 Å². The van der Waals surface area contributed by atoms with Crippen molar-refractivity contribution in [3.8, 4) is 0 Å². The summed E-state index contributed by atoms with van der Waals surface area (Å²) in [6.45, 7) is 4.17. The maximum absolute atomic E-state index is 13.1. The molecule has 2 aliphatic rings. The number of likely N-dealkylation sites (tertiary alicyclic amines) is 1. The molecule has 4 rings (SSSR count). The first-order valence-electron chi connectivity index (χ1n) is 10.8. The first kappa shape index (κ1) is 20.6. The van der Waals surface area contributed by atoms with Gasteiger partial charge in [0, 0.05) is 19.1 Å². The van der Waals surface area contributed by atoms with Gasteiger partial charge in [0.15, 0.2) is 0 Å². The van der Waals surface area contributed by atoms with Gasteiger partial charge in [-0.3, -0.25) is 0 Å². The van der Waals surface area contributed by atoms with Crippen molar-refractivity contribution in [2.75, 3.05) is 20.1 Å². The van der Waals surface area contributed by atoms with Crippen LogP contribution in [0.4, 0.5) is 0 Å². The van der Waals surface area contributed by atoms with Crippen molar-refractivity contribution in [2.45, 2.75) is 61.9 Å². The van der Waals surface area contributed by atoms with Crippen LogP contribution in [0, 0.1) is 6.92 Å². The number of benzene rings is 2. The first-order chi connectivity index (χ1) is 13.9. The van der Waals surface area contributed by atoms with Crippen LogP contribution in [0.15, 0.2) is 59.5 Å². The molecular weight excluding hydrogens is 380 g/mol. The van der Waals surface area contributed by atoms with E-state index in [0.29, 0.717) is 16.9 Å². The monoisotopic (exact) mass is 412 g/mol. The van der Waals surface area contributed by atoms with E-state index in [1.807, 2.05) is 19.1 Å². The molecule has 1 saturated carbocycles. The molecule has 0 bridgehead atoms. The zero-order chi connectivity index (χ0) is 20.4. The summed E-state index contributed by atoms with van der Waals surface area (Å²) in [5.41, 5.74) is 2.44. The Hall–Kier alpha value is -1.69. The molecule has 1 aliphatic heterocycles. The van der Waals surface area contributed by atoms with E-state index < -0.39 is 10.0 Å². The lowest BCUT2D eigenvalue weighted by molar-refractivity contribution is 0.150. The van der Waals surface area contributed by atoms with Crippen LogP contribution in [-0.2, 0) is 10.0 Å². The standard InChI is InChI=1S/C24H32N2O2S/c1-19-7-6-10-24(17-19)29(27,28)25(2)22-11-12-23(18-22)26-15-13-21(14-16-26)20-8-4-3-5-9-20/h3-10,17,21-23H,11-16,18H2,1-2H3/t22-,23+/m0/s1. The van der Waals surface area contributed by atoms with Gasteiger partial charge < -0.3 is 4.90 Å². The summed E-state index contributed by atoms with van der Waals surface area (Å²) in [7, 11) is -1.67. The van der Waals surface area contributed by atoms with Gasteiger partial charge in [-0.2, -0.15) is 4.31 Å². The summed E-state index contributed by atoms with van der Waals surface area (Å²) >= 11 is 0. The Morgan fingerprint density at radius 1 is 0.931 bits per heavy atom. The van der Waals surface area contributed by atoms with Gasteiger partial charge in [-0.05, 0) is 81.3 Å². The maximum Gasteiger partial charge on any atom is 0.243 e. The number of aryl methyl sites for hydroxylation is 1. The molecular formula is C24H32N2O2S. The Labute approximate surface area is 175 Å². The van der Waals surface area contributed by atoms with Crippen LogP contribution in [0.2, 0.25) is 0 Å². The van der Waals surface area contributed by atoms with Crippen LogP contribution < -0.4 is 0 Å². The second kappa shape index (κ2) is 8.58. The van der Waals surface area contributed by atoms with Gasteiger partial charge >= 0.3 is 0 Å². The molecule has 0 radical (unpaired) electrons. The largest absolute Gasteiger partial charge is 0.300 e. The molecule has 0 unspecified atom stereocenters. The third kappa shape index (κ3) is 4.42. The van der Waals surface area contributed by atoms with Crippen molar-refractivity contribution in [1.82, 2.24) is 9.21 Å². The van der Waals surface area contributed by atoms with E-state index in [1.165, 1.54) is 18.4 Å². The minimum Gasteiger partial charge on any atom is -0.300 e. The average Bonchev–Trinajstić information content (AvgIpc) is 3.24. The van der Waals surface area contributed by atoms with E-state index >= 15 is 0 Å². The normalized spacial score (nSPS) is 24.2. The smallest absolute Gasteiger partial charge is 0.243 e. The van der Waals surface area contributed by atoms with Crippen molar-refractivity contribution in [1.29, 1.82) is 0 Å². The Morgan fingerprint density at radius 2 is 1.66 bits per heavy atom. The number of hydrogen-bond acceptors (Lipinski definition) is 3.